The maximum Gasteiger partial charge on any atom is 0.291 e. The molecular weight excluding hydrogens is 302 g/mol. The summed E-state index contributed by atoms with van der Waals surface area (Å²) in [5, 5.41) is 13.9. The lowest BCUT2D eigenvalue weighted by molar-refractivity contribution is -0.385. The van der Waals surface area contributed by atoms with Crippen LogP contribution in [0.1, 0.15) is 12.5 Å². The van der Waals surface area contributed by atoms with E-state index in [-0.39, 0.29) is 5.69 Å². The molecule has 0 aromatic carbocycles. The maximum absolute atomic E-state index is 10.7. The fourth-order valence-electron chi connectivity index (χ4n) is 1.49. The Kier molecular flexibility index (Phi) is 5.49. The number of hydrogen-bond donors (Lipinski definition) is 1. The summed E-state index contributed by atoms with van der Waals surface area (Å²) in [6.45, 7) is 5.07. The van der Waals surface area contributed by atoms with Gasteiger partial charge in [-0.05, 0) is 28.8 Å². The highest BCUT2D eigenvalue weighted by Gasteiger charge is 2.17. The summed E-state index contributed by atoms with van der Waals surface area (Å²) in [6, 6.07) is 0. The molecule has 1 heterocycles. The van der Waals surface area contributed by atoms with Crippen molar-refractivity contribution in [3.8, 4) is 0 Å². The van der Waals surface area contributed by atoms with Crippen LogP contribution in [0.3, 0.4) is 0 Å². The summed E-state index contributed by atoms with van der Waals surface area (Å²) < 4.78 is 5.66. The highest BCUT2D eigenvalue weighted by atomic mass is 79.9. The van der Waals surface area contributed by atoms with Gasteiger partial charge in [0, 0.05) is 19.2 Å². The van der Waals surface area contributed by atoms with Crippen LogP contribution in [0.15, 0.2) is 10.7 Å². The number of anilines is 1. The number of pyridine rings is 1. The topological polar surface area (TPSA) is 77.3 Å². The fraction of sp³-hybridized carbons (Fsp3) is 0.545. The Morgan fingerprint density at radius 1 is 1.67 bits per heavy atom. The third-order valence-electron chi connectivity index (χ3n) is 2.50. The summed E-state index contributed by atoms with van der Waals surface area (Å²) in [6.07, 6.45) is 1.27. The van der Waals surface area contributed by atoms with E-state index in [2.05, 4.69) is 26.2 Å². The molecule has 1 N–H and O–H groups in total. The van der Waals surface area contributed by atoms with Crippen molar-refractivity contribution in [3.63, 3.8) is 0 Å². The van der Waals surface area contributed by atoms with E-state index in [1.807, 2.05) is 6.92 Å². The quantitative estimate of drug-likeness (QED) is 0.644. The van der Waals surface area contributed by atoms with Crippen LogP contribution in [0, 0.1) is 23.0 Å². The standard InChI is InChI=1S/C11H16BrN3O3/c1-7(6-18-3)4-13-11-10(12)8(2)9(5-14-11)15(16)17/h5,7H,4,6H2,1-3H3,(H,13,14). The molecular formula is C11H16BrN3O3. The summed E-state index contributed by atoms with van der Waals surface area (Å²) in [7, 11) is 1.65. The Bertz CT molecular complexity index is 440. The van der Waals surface area contributed by atoms with Gasteiger partial charge in [0.25, 0.3) is 5.69 Å². The number of nitro groups is 1. The molecule has 1 atom stereocenters. The number of nitrogens with zero attached hydrogens (tertiary/aromatic N) is 2. The molecule has 0 aliphatic rings. The van der Waals surface area contributed by atoms with Crippen LogP contribution >= 0.6 is 15.9 Å². The highest BCUT2D eigenvalue weighted by molar-refractivity contribution is 9.10. The minimum absolute atomic E-state index is 0.0114. The number of halogens is 1. The van der Waals surface area contributed by atoms with Gasteiger partial charge in [-0.1, -0.05) is 6.92 Å². The SMILES string of the molecule is COCC(C)CNc1ncc([N+](=O)[O-])c(C)c1Br. The first kappa shape index (κ1) is 14.8. The van der Waals surface area contributed by atoms with Gasteiger partial charge >= 0.3 is 0 Å². The van der Waals surface area contributed by atoms with Crippen LogP contribution in [0.5, 0.6) is 0 Å². The summed E-state index contributed by atoms with van der Waals surface area (Å²) in [5.74, 6) is 0.945. The largest absolute Gasteiger partial charge is 0.384 e. The molecule has 18 heavy (non-hydrogen) atoms. The van der Waals surface area contributed by atoms with Gasteiger partial charge in [0.05, 0.1) is 16.0 Å². The summed E-state index contributed by atoms with van der Waals surface area (Å²) in [4.78, 5) is 14.4. The first-order valence-electron chi connectivity index (χ1n) is 5.49. The average Bonchev–Trinajstić information content (AvgIpc) is 2.31. The van der Waals surface area contributed by atoms with Crippen molar-refractivity contribution in [3.05, 3.63) is 26.3 Å². The van der Waals surface area contributed by atoms with E-state index >= 15 is 0 Å². The maximum atomic E-state index is 10.7. The third-order valence-corrected chi connectivity index (χ3v) is 3.47. The van der Waals surface area contributed by atoms with Crippen molar-refractivity contribution in [2.75, 3.05) is 25.6 Å². The zero-order valence-corrected chi connectivity index (χ0v) is 12.2. The molecule has 100 valence electrons. The Labute approximate surface area is 114 Å². The number of nitrogens with one attached hydrogen (secondary N) is 1. The molecule has 1 unspecified atom stereocenters. The number of aromatic nitrogens is 1. The molecule has 0 aliphatic carbocycles. The molecule has 7 heteroatoms. The number of hydrogen-bond acceptors (Lipinski definition) is 5. The fourth-order valence-corrected chi connectivity index (χ4v) is 1.94. The average molecular weight is 318 g/mol. The minimum Gasteiger partial charge on any atom is -0.384 e. The monoisotopic (exact) mass is 317 g/mol. The predicted molar refractivity (Wildman–Crippen MR) is 72.9 cm³/mol. The molecule has 1 aromatic heterocycles. The molecule has 0 fully saturated rings. The predicted octanol–water partition coefficient (Wildman–Crippen LogP) is 2.76. The van der Waals surface area contributed by atoms with Gasteiger partial charge in [0.1, 0.15) is 12.0 Å². The Hall–Kier alpha value is -1.21. The van der Waals surface area contributed by atoms with Gasteiger partial charge < -0.3 is 10.1 Å². The second-order valence-corrected chi connectivity index (χ2v) is 4.92. The van der Waals surface area contributed by atoms with Crippen molar-refractivity contribution < 1.29 is 9.66 Å². The zero-order valence-electron chi connectivity index (χ0n) is 10.6. The second kappa shape index (κ2) is 6.65. The van der Waals surface area contributed by atoms with E-state index < -0.39 is 4.92 Å². The molecule has 0 saturated heterocycles. The molecule has 0 amide bonds. The van der Waals surface area contributed by atoms with Crippen molar-refractivity contribution in [2.24, 2.45) is 5.92 Å². The van der Waals surface area contributed by atoms with E-state index in [1.165, 1.54) is 6.20 Å². The molecule has 0 saturated carbocycles. The molecule has 0 aliphatic heterocycles. The minimum atomic E-state index is -0.440. The molecule has 0 spiro atoms. The third kappa shape index (κ3) is 3.64. The lowest BCUT2D eigenvalue weighted by atomic mass is 10.2. The van der Waals surface area contributed by atoms with Crippen LogP contribution in [0.4, 0.5) is 11.5 Å². The Morgan fingerprint density at radius 2 is 2.33 bits per heavy atom. The van der Waals surface area contributed by atoms with Gasteiger partial charge in [0.2, 0.25) is 0 Å². The molecule has 0 bridgehead atoms. The number of methoxy groups -OCH3 is 1. The van der Waals surface area contributed by atoms with E-state index in [1.54, 1.807) is 14.0 Å². The van der Waals surface area contributed by atoms with Gasteiger partial charge in [-0.25, -0.2) is 4.98 Å². The van der Waals surface area contributed by atoms with Crippen molar-refractivity contribution in [1.29, 1.82) is 0 Å². The lowest BCUT2D eigenvalue weighted by Crippen LogP contribution is -2.17. The lowest BCUT2D eigenvalue weighted by Gasteiger charge is -2.13. The highest BCUT2D eigenvalue weighted by Crippen LogP contribution is 2.30. The normalized spacial score (nSPS) is 12.2. The van der Waals surface area contributed by atoms with Crippen molar-refractivity contribution in [1.82, 2.24) is 4.98 Å². The van der Waals surface area contributed by atoms with Gasteiger partial charge in [-0.2, -0.15) is 0 Å². The van der Waals surface area contributed by atoms with Crippen LogP contribution in [-0.4, -0.2) is 30.2 Å². The first-order valence-corrected chi connectivity index (χ1v) is 6.29. The second-order valence-electron chi connectivity index (χ2n) is 4.13. The van der Waals surface area contributed by atoms with Crippen LogP contribution in [0.25, 0.3) is 0 Å². The molecule has 1 rings (SSSR count). The number of ether oxygens (including phenoxy) is 1. The smallest absolute Gasteiger partial charge is 0.291 e. The van der Waals surface area contributed by atoms with E-state index in [9.17, 15) is 10.1 Å². The molecule has 6 nitrogen and oxygen atoms in total. The van der Waals surface area contributed by atoms with Gasteiger partial charge in [-0.3, -0.25) is 10.1 Å². The van der Waals surface area contributed by atoms with Crippen LogP contribution in [0.2, 0.25) is 0 Å². The summed E-state index contributed by atoms with van der Waals surface area (Å²) in [5.41, 5.74) is 0.578. The Balaban J connectivity index is 2.79. The van der Waals surface area contributed by atoms with Crippen molar-refractivity contribution in [2.45, 2.75) is 13.8 Å². The van der Waals surface area contributed by atoms with E-state index in [0.717, 1.165) is 0 Å². The van der Waals surface area contributed by atoms with Gasteiger partial charge in [0.15, 0.2) is 0 Å². The van der Waals surface area contributed by atoms with Crippen molar-refractivity contribution >= 4 is 27.4 Å². The molecule has 0 radical (unpaired) electrons. The van der Waals surface area contributed by atoms with Crippen LogP contribution < -0.4 is 5.32 Å². The molecule has 1 aromatic rings. The zero-order chi connectivity index (χ0) is 13.7. The summed E-state index contributed by atoms with van der Waals surface area (Å²) >= 11 is 3.33. The van der Waals surface area contributed by atoms with Crippen LogP contribution in [-0.2, 0) is 4.74 Å². The first-order chi connectivity index (χ1) is 8.47. The number of rotatable bonds is 6. The van der Waals surface area contributed by atoms with E-state index in [4.69, 9.17) is 4.74 Å². The van der Waals surface area contributed by atoms with E-state index in [0.29, 0.717) is 34.9 Å². The van der Waals surface area contributed by atoms with Gasteiger partial charge in [-0.15, -0.1) is 0 Å². The Morgan fingerprint density at radius 3 is 2.89 bits per heavy atom.